The summed E-state index contributed by atoms with van der Waals surface area (Å²) >= 11 is 2.22. The largest absolute Gasteiger partial charge is 0.274 e. The third-order valence-electron chi connectivity index (χ3n) is 5.50. The van der Waals surface area contributed by atoms with Gasteiger partial charge in [-0.25, -0.2) is 4.90 Å². The SMILES string of the molecule is CC1(C)[C@H]2CC[C@]1(C)C(=O)N(c1ccc(I)cc1)C2=O. The van der Waals surface area contributed by atoms with Crippen molar-refractivity contribution in [3.8, 4) is 0 Å². The second-order valence-electron chi connectivity index (χ2n) is 6.60. The number of hydrogen-bond acceptors (Lipinski definition) is 2. The van der Waals surface area contributed by atoms with Crippen molar-refractivity contribution in [2.75, 3.05) is 4.90 Å². The van der Waals surface area contributed by atoms with E-state index in [9.17, 15) is 9.59 Å². The molecular formula is C16H18INO2. The number of rotatable bonds is 1. The molecule has 1 saturated carbocycles. The predicted octanol–water partition coefficient (Wildman–Crippen LogP) is 3.61. The van der Waals surface area contributed by atoms with E-state index in [4.69, 9.17) is 0 Å². The molecule has 1 heterocycles. The zero-order valence-corrected chi connectivity index (χ0v) is 14.1. The molecule has 1 saturated heterocycles. The van der Waals surface area contributed by atoms with Gasteiger partial charge < -0.3 is 0 Å². The molecule has 0 unspecified atom stereocenters. The number of hydrogen-bond donors (Lipinski definition) is 0. The highest BCUT2D eigenvalue weighted by Gasteiger charge is 2.64. The van der Waals surface area contributed by atoms with E-state index in [0.29, 0.717) is 5.69 Å². The second kappa shape index (κ2) is 4.29. The first-order chi connectivity index (χ1) is 9.29. The lowest BCUT2D eigenvalue weighted by atomic mass is 9.62. The van der Waals surface area contributed by atoms with E-state index in [0.717, 1.165) is 16.4 Å². The minimum Gasteiger partial charge on any atom is -0.274 e. The summed E-state index contributed by atoms with van der Waals surface area (Å²) in [6.07, 6.45) is 1.62. The van der Waals surface area contributed by atoms with Crippen LogP contribution in [0.2, 0.25) is 0 Å². The first-order valence-corrected chi connectivity index (χ1v) is 8.01. The molecule has 2 fully saturated rings. The second-order valence-corrected chi connectivity index (χ2v) is 7.85. The van der Waals surface area contributed by atoms with Gasteiger partial charge in [0.2, 0.25) is 11.8 Å². The fourth-order valence-corrected chi connectivity index (χ4v) is 4.01. The summed E-state index contributed by atoms with van der Waals surface area (Å²) in [5.74, 6) is -0.122. The number of anilines is 1. The summed E-state index contributed by atoms with van der Waals surface area (Å²) in [5, 5.41) is 0. The topological polar surface area (TPSA) is 37.4 Å². The van der Waals surface area contributed by atoms with Crippen LogP contribution in [0, 0.1) is 20.3 Å². The average molecular weight is 383 g/mol. The summed E-state index contributed by atoms with van der Waals surface area (Å²) in [6.45, 7) is 6.14. The molecule has 3 rings (SSSR count). The molecule has 106 valence electrons. The standard InChI is InChI=1S/C16H18INO2/c1-15(2)12-8-9-16(15,3)14(20)18(13(12)19)11-6-4-10(17)5-7-11/h4-7,12H,8-9H2,1-3H3/t12-,16+/m0/s1. The monoisotopic (exact) mass is 383 g/mol. The van der Waals surface area contributed by atoms with Gasteiger partial charge in [-0.15, -0.1) is 0 Å². The maximum atomic E-state index is 12.9. The molecule has 20 heavy (non-hydrogen) atoms. The van der Waals surface area contributed by atoms with Gasteiger partial charge in [0.25, 0.3) is 0 Å². The van der Waals surface area contributed by atoms with Gasteiger partial charge in [0.15, 0.2) is 0 Å². The molecule has 2 amide bonds. The molecule has 1 aromatic carbocycles. The van der Waals surface area contributed by atoms with Crippen molar-refractivity contribution in [3.63, 3.8) is 0 Å². The maximum absolute atomic E-state index is 12.9. The van der Waals surface area contributed by atoms with E-state index in [2.05, 4.69) is 36.4 Å². The van der Waals surface area contributed by atoms with Crippen molar-refractivity contribution in [1.82, 2.24) is 0 Å². The summed E-state index contributed by atoms with van der Waals surface area (Å²) in [4.78, 5) is 27.1. The fraction of sp³-hybridized carbons (Fsp3) is 0.500. The molecule has 0 N–H and O–H groups in total. The average Bonchev–Trinajstić information content (AvgIpc) is 2.57. The number of fused-ring (bicyclic) bond motifs is 2. The third kappa shape index (κ3) is 1.63. The van der Waals surface area contributed by atoms with Gasteiger partial charge in [0.05, 0.1) is 11.1 Å². The number of carbonyl (C=O) groups is 2. The highest BCUT2D eigenvalue weighted by molar-refractivity contribution is 14.1. The van der Waals surface area contributed by atoms with Crippen LogP contribution in [0.25, 0.3) is 0 Å². The van der Waals surface area contributed by atoms with E-state index in [1.165, 1.54) is 4.90 Å². The summed E-state index contributed by atoms with van der Waals surface area (Å²) < 4.78 is 1.10. The van der Waals surface area contributed by atoms with Gasteiger partial charge in [-0.05, 0) is 65.1 Å². The van der Waals surface area contributed by atoms with E-state index >= 15 is 0 Å². The van der Waals surface area contributed by atoms with Crippen molar-refractivity contribution in [2.45, 2.75) is 33.6 Å². The van der Waals surface area contributed by atoms with Crippen LogP contribution in [0.15, 0.2) is 24.3 Å². The van der Waals surface area contributed by atoms with E-state index in [1.807, 2.05) is 31.2 Å². The van der Waals surface area contributed by atoms with Crippen molar-refractivity contribution < 1.29 is 9.59 Å². The van der Waals surface area contributed by atoms with Gasteiger partial charge in [-0.2, -0.15) is 0 Å². The molecular weight excluding hydrogens is 365 g/mol. The van der Waals surface area contributed by atoms with Crippen LogP contribution in [0.1, 0.15) is 33.6 Å². The minimum atomic E-state index is -0.436. The molecule has 0 spiro atoms. The molecule has 2 bridgehead atoms. The molecule has 0 radical (unpaired) electrons. The number of halogens is 1. The van der Waals surface area contributed by atoms with Crippen LogP contribution < -0.4 is 4.90 Å². The van der Waals surface area contributed by atoms with Gasteiger partial charge in [0.1, 0.15) is 0 Å². The fourth-order valence-electron chi connectivity index (χ4n) is 3.65. The summed E-state index contributed by atoms with van der Waals surface area (Å²) in [5.41, 5.74) is 0.0177. The number of carbonyl (C=O) groups excluding carboxylic acids is 2. The van der Waals surface area contributed by atoms with Crippen LogP contribution in [-0.4, -0.2) is 11.8 Å². The van der Waals surface area contributed by atoms with E-state index < -0.39 is 5.41 Å². The number of imide groups is 1. The Bertz CT molecular complexity index is 593. The lowest BCUT2D eigenvalue weighted by molar-refractivity contribution is -0.146. The summed E-state index contributed by atoms with van der Waals surface area (Å²) in [7, 11) is 0. The predicted molar refractivity (Wildman–Crippen MR) is 86.3 cm³/mol. The zero-order chi connectivity index (χ0) is 14.7. The lowest BCUT2D eigenvalue weighted by Crippen LogP contribution is -2.59. The Kier molecular flexibility index (Phi) is 3.01. The van der Waals surface area contributed by atoms with Crippen molar-refractivity contribution in [3.05, 3.63) is 27.8 Å². The van der Waals surface area contributed by atoms with Gasteiger partial charge in [-0.1, -0.05) is 20.8 Å². The number of benzene rings is 1. The third-order valence-corrected chi connectivity index (χ3v) is 6.22. The normalized spacial score (nSPS) is 31.8. The lowest BCUT2D eigenvalue weighted by Gasteiger charge is -2.47. The molecule has 1 aromatic rings. The Labute approximate surface area is 132 Å². The van der Waals surface area contributed by atoms with Crippen LogP contribution >= 0.6 is 22.6 Å². The van der Waals surface area contributed by atoms with Gasteiger partial charge >= 0.3 is 0 Å². The number of amides is 2. The first kappa shape index (κ1) is 14.0. The Morgan fingerprint density at radius 1 is 1.15 bits per heavy atom. The Hall–Kier alpha value is -0.910. The van der Waals surface area contributed by atoms with Crippen LogP contribution in [0.4, 0.5) is 5.69 Å². The Morgan fingerprint density at radius 2 is 1.75 bits per heavy atom. The van der Waals surface area contributed by atoms with Crippen LogP contribution in [-0.2, 0) is 9.59 Å². The van der Waals surface area contributed by atoms with E-state index in [1.54, 1.807) is 0 Å². The van der Waals surface area contributed by atoms with Crippen LogP contribution in [0.3, 0.4) is 0 Å². The molecule has 1 aliphatic carbocycles. The van der Waals surface area contributed by atoms with Gasteiger partial charge in [-0.3, -0.25) is 9.59 Å². The quantitative estimate of drug-likeness (QED) is 0.549. The highest BCUT2D eigenvalue weighted by atomic mass is 127. The highest BCUT2D eigenvalue weighted by Crippen LogP contribution is 2.60. The van der Waals surface area contributed by atoms with Crippen molar-refractivity contribution in [1.29, 1.82) is 0 Å². The molecule has 1 aliphatic heterocycles. The summed E-state index contributed by atoms with van der Waals surface area (Å²) in [6, 6.07) is 7.58. The molecule has 2 aliphatic rings. The number of nitrogens with zero attached hydrogens (tertiary/aromatic N) is 1. The Balaban J connectivity index is 2.09. The van der Waals surface area contributed by atoms with Crippen LogP contribution in [0.5, 0.6) is 0 Å². The molecule has 4 heteroatoms. The first-order valence-electron chi connectivity index (χ1n) is 6.93. The smallest absolute Gasteiger partial charge is 0.240 e. The van der Waals surface area contributed by atoms with Crippen molar-refractivity contribution >= 4 is 40.1 Å². The molecule has 0 aromatic heterocycles. The molecule has 3 nitrogen and oxygen atoms in total. The molecule has 2 atom stereocenters. The Morgan fingerprint density at radius 3 is 2.35 bits per heavy atom. The number of piperidine rings is 1. The zero-order valence-electron chi connectivity index (χ0n) is 11.9. The van der Waals surface area contributed by atoms with Crippen molar-refractivity contribution in [2.24, 2.45) is 16.7 Å². The van der Waals surface area contributed by atoms with E-state index in [-0.39, 0.29) is 23.1 Å². The minimum absolute atomic E-state index is 0.0313. The maximum Gasteiger partial charge on any atom is 0.240 e. The van der Waals surface area contributed by atoms with Gasteiger partial charge in [0, 0.05) is 9.49 Å².